The minimum Gasteiger partial charge on any atom is -0.392 e. The van der Waals surface area contributed by atoms with E-state index in [0.717, 1.165) is 18.5 Å². The molecule has 4 N–H and O–H groups in total. The Morgan fingerprint density at radius 2 is 2.19 bits per heavy atom. The van der Waals surface area contributed by atoms with Gasteiger partial charge in [0.25, 0.3) is 5.91 Å². The summed E-state index contributed by atoms with van der Waals surface area (Å²) in [5.74, 6) is 4.95. The molecule has 2 unspecified atom stereocenters. The number of nitrogens with two attached hydrogens (primary N) is 1. The summed E-state index contributed by atoms with van der Waals surface area (Å²) in [5.41, 5.74) is 3.70. The predicted octanol–water partition coefficient (Wildman–Crippen LogP) is -0.213. The second-order valence-electron chi connectivity index (χ2n) is 5.87. The molecule has 1 heterocycles. The molecule has 0 saturated carbocycles. The Morgan fingerprint density at radius 3 is 2.86 bits per heavy atom. The largest absolute Gasteiger partial charge is 0.392 e. The average Bonchev–Trinajstić information content (AvgIpc) is 2.77. The van der Waals surface area contributed by atoms with Crippen molar-refractivity contribution in [3.05, 3.63) is 35.4 Å². The van der Waals surface area contributed by atoms with Gasteiger partial charge in [-0.25, -0.2) is 5.84 Å². The molecule has 2 rings (SSSR count). The molecule has 1 amide bonds. The number of aliphatic hydroxyl groups is 1. The maximum Gasteiger partial charge on any atom is 0.265 e. The van der Waals surface area contributed by atoms with Crippen LogP contribution < -0.4 is 11.3 Å². The molecule has 0 spiro atoms. The normalized spacial score (nSPS) is 22.7. The standard InChI is InChI=1S/C15H24N4O2/c1-18(2)9-12-7-13(20)10-19(12)8-11-5-3-4-6-14(11)15(21)17-16/h3-6,12-13,20H,7-10,16H2,1-2H3,(H,17,21). The van der Waals surface area contributed by atoms with Crippen molar-refractivity contribution < 1.29 is 9.90 Å². The molecule has 116 valence electrons. The van der Waals surface area contributed by atoms with E-state index in [-0.39, 0.29) is 12.0 Å². The van der Waals surface area contributed by atoms with Gasteiger partial charge in [-0.05, 0) is 32.1 Å². The quantitative estimate of drug-likeness (QED) is 0.397. The summed E-state index contributed by atoms with van der Waals surface area (Å²) in [6.07, 6.45) is 0.467. The lowest BCUT2D eigenvalue weighted by molar-refractivity contribution is 0.0951. The zero-order valence-electron chi connectivity index (χ0n) is 12.6. The second-order valence-corrected chi connectivity index (χ2v) is 5.87. The van der Waals surface area contributed by atoms with Gasteiger partial charge in [-0.2, -0.15) is 0 Å². The number of carbonyl (C=O) groups is 1. The lowest BCUT2D eigenvalue weighted by atomic mass is 10.1. The van der Waals surface area contributed by atoms with E-state index < -0.39 is 0 Å². The first-order valence-electron chi connectivity index (χ1n) is 7.17. The molecule has 6 heteroatoms. The number of β-amino-alcohol motifs (C(OH)–C–C–N with tert-alkyl or cyclic N) is 1. The Hall–Kier alpha value is -1.47. The summed E-state index contributed by atoms with van der Waals surface area (Å²) in [6.45, 7) is 2.17. The molecule has 6 nitrogen and oxygen atoms in total. The molecule has 1 aromatic carbocycles. The van der Waals surface area contributed by atoms with Gasteiger partial charge in [-0.3, -0.25) is 15.1 Å². The predicted molar refractivity (Wildman–Crippen MR) is 81.5 cm³/mol. The van der Waals surface area contributed by atoms with Crippen molar-refractivity contribution in [1.29, 1.82) is 0 Å². The molecule has 1 aromatic rings. The maximum atomic E-state index is 11.8. The van der Waals surface area contributed by atoms with E-state index in [1.807, 2.05) is 32.3 Å². The summed E-state index contributed by atoms with van der Waals surface area (Å²) in [4.78, 5) is 16.2. The molecule has 0 aliphatic carbocycles. The number of nitrogen functional groups attached to an aromatic ring is 1. The van der Waals surface area contributed by atoms with Crippen LogP contribution in [0.4, 0.5) is 0 Å². The van der Waals surface area contributed by atoms with E-state index in [1.165, 1.54) is 0 Å². The SMILES string of the molecule is CN(C)CC1CC(O)CN1Cc1ccccc1C(=O)NN. The Bertz CT molecular complexity index is 492. The number of nitrogens with one attached hydrogen (secondary N) is 1. The highest BCUT2D eigenvalue weighted by Crippen LogP contribution is 2.22. The van der Waals surface area contributed by atoms with Gasteiger partial charge in [-0.1, -0.05) is 18.2 Å². The molecular weight excluding hydrogens is 268 g/mol. The topological polar surface area (TPSA) is 81.8 Å². The Morgan fingerprint density at radius 1 is 1.48 bits per heavy atom. The Kier molecular flexibility index (Phi) is 5.30. The number of amides is 1. The summed E-state index contributed by atoms with van der Waals surface area (Å²) < 4.78 is 0. The molecule has 2 atom stereocenters. The smallest absolute Gasteiger partial charge is 0.265 e. The summed E-state index contributed by atoms with van der Waals surface area (Å²) in [6, 6.07) is 7.73. The van der Waals surface area contributed by atoms with E-state index in [2.05, 4.69) is 15.2 Å². The van der Waals surface area contributed by atoms with Gasteiger partial charge >= 0.3 is 0 Å². The number of carbonyl (C=O) groups excluding carboxylic acids is 1. The molecular formula is C15H24N4O2. The molecule has 21 heavy (non-hydrogen) atoms. The summed E-state index contributed by atoms with van der Waals surface area (Å²) in [5, 5.41) is 9.93. The zero-order valence-corrected chi connectivity index (χ0v) is 12.6. The number of likely N-dealkylation sites (N-methyl/N-ethyl adjacent to an activating group) is 1. The fraction of sp³-hybridized carbons (Fsp3) is 0.533. The molecule has 0 radical (unpaired) electrons. The Balaban J connectivity index is 2.15. The van der Waals surface area contributed by atoms with Crippen LogP contribution in [0.5, 0.6) is 0 Å². The fourth-order valence-electron chi connectivity index (χ4n) is 2.94. The highest BCUT2D eigenvalue weighted by molar-refractivity contribution is 5.95. The van der Waals surface area contributed by atoms with Gasteiger partial charge in [-0.15, -0.1) is 0 Å². The first-order valence-corrected chi connectivity index (χ1v) is 7.17. The van der Waals surface area contributed by atoms with Crippen LogP contribution >= 0.6 is 0 Å². The lowest BCUT2D eigenvalue weighted by Gasteiger charge is -2.27. The van der Waals surface area contributed by atoms with E-state index in [4.69, 9.17) is 5.84 Å². The van der Waals surface area contributed by atoms with Gasteiger partial charge in [0.05, 0.1) is 6.10 Å². The minimum atomic E-state index is -0.301. The van der Waals surface area contributed by atoms with Crippen LogP contribution in [0.15, 0.2) is 24.3 Å². The maximum absolute atomic E-state index is 11.8. The van der Waals surface area contributed by atoms with E-state index in [0.29, 0.717) is 24.7 Å². The third kappa shape index (κ3) is 4.01. The van der Waals surface area contributed by atoms with Gasteiger partial charge in [0.2, 0.25) is 0 Å². The third-order valence-corrected chi connectivity index (χ3v) is 3.85. The molecule has 1 aliphatic rings. The van der Waals surface area contributed by atoms with Crippen LogP contribution in [0.25, 0.3) is 0 Å². The summed E-state index contributed by atoms with van der Waals surface area (Å²) >= 11 is 0. The number of rotatable bonds is 5. The first kappa shape index (κ1) is 15.9. The number of hydrazine groups is 1. The number of likely N-dealkylation sites (tertiary alicyclic amines) is 1. The zero-order chi connectivity index (χ0) is 15.4. The fourth-order valence-corrected chi connectivity index (χ4v) is 2.94. The second kappa shape index (κ2) is 7.00. The van der Waals surface area contributed by atoms with Crippen molar-refractivity contribution in [2.24, 2.45) is 5.84 Å². The molecule has 1 fully saturated rings. The van der Waals surface area contributed by atoms with Gasteiger partial charge in [0.15, 0.2) is 0 Å². The van der Waals surface area contributed by atoms with Crippen LogP contribution in [-0.4, -0.2) is 60.1 Å². The monoisotopic (exact) mass is 292 g/mol. The molecule has 0 aromatic heterocycles. The van der Waals surface area contributed by atoms with Crippen molar-refractivity contribution in [2.75, 3.05) is 27.2 Å². The first-order chi connectivity index (χ1) is 10.0. The van der Waals surface area contributed by atoms with Crippen molar-refractivity contribution in [3.8, 4) is 0 Å². The third-order valence-electron chi connectivity index (χ3n) is 3.85. The number of benzene rings is 1. The van der Waals surface area contributed by atoms with Crippen LogP contribution in [0.3, 0.4) is 0 Å². The van der Waals surface area contributed by atoms with E-state index in [9.17, 15) is 9.90 Å². The number of nitrogens with zero attached hydrogens (tertiary/aromatic N) is 2. The van der Waals surface area contributed by atoms with Crippen LogP contribution in [0.2, 0.25) is 0 Å². The molecule has 0 bridgehead atoms. The van der Waals surface area contributed by atoms with Crippen molar-refractivity contribution in [3.63, 3.8) is 0 Å². The Labute approximate surface area is 125 Å². The van der Waals surface area contributed by atoms with Gasteiger partial charge in [0.1, 0.15) is 0 Å². The number of aliphatic hydroxyl groups excluding tert-OH is 1. The molecule has 1 aliphatic heterocycles. The number of hydrogen-bond donors (Lipinski definition) is 3. The van der Waals surface area contributed by atoms with Crippen molar-refractivity contribution in [2.45, 2.75) is 25.1 Å². The van der Waals surface area contributed by atoms with Gasteiger partial charge < -0.3 is 10.0 Å². The highest BCUT2D eigenvalue weighted by atomic mass is 16.3. The molecule has 1 saturated heterocycles. The van der Waals surface area contributed by atoms with Crippen molar-refractivity contribution in [1.82, 2.24) is 15.2 Å². The van der Waals surface area contributed by atoms with Crippen LogP contribution in [0, 0.1) is 0 Å². The van der Waals surface area contributed by atoms with E-state index >= 15 is 0 Å². The van der Waals surface area contributed by atoms with Crippen LogP contribution in [0.1, 0.15) is 22.3 Å². The number of hydrogen-bond acceptors (Lipinski definition) is 5. The van der Waals surface area contributed by atoms with E-state index in [1.54, 1.807) is 6.07 Å². The summed E-state index contributed by atoms with van der Waals surface area (Å²) in [7, 11) is 4.05. The van der Waals surface area contributed by atoms with Crippen molar-refractivity contribution >= 4 is 5.91 Å². The van der Waals surface area contributed by atoms with Gasteiger partial charge in [0, 0.05) is 31.2 Å². The van der Waals surface area contributed by atoms with Crippen LogP contribution in [-0.2, 0) is 6.54 Å². The minimum absolute atomic E-state index is 0.283. The lowest BCUT2D eigenvalue weighted by Crippen LogP contribution is -2.38. The highest BCUT2D eigenvalue weighted by Gasteiger charge is 2.31. The average molecular weight is 292 g/mol.